The van der Waals surface area contributed by atoms with Gasteiger partial charge in [0.1, 0.15) is 0 Å². The third kappa shape index (κ3) is 8.18. The van der Waals surface area contributed by atoms with Crippen LogP contribution < -0.4 is 5.32 Å². The van der Waals surface area contributed by atoms with E-state index >= 15 is 0 Å². The van der Waals surface area contributed by atoms with Crippen LogP contribution in [0.4, 0.5) is 0 Å². The van der Waals surface area contributed by atoms with Gasteiger partial charge in [-0.3, -0.25) is 0 Å². The van der Waals surface area contributed by atoms with E-state index in [2.05, 4.69) is 41.7 Å². The van der Waals surface area contributed by atoms with Crippen molar-refractivity contribution >= 4 is 15.9 Å². The lowest BCUT2D eigenvalue weighted by molar-refractivity contribution is 0.552. The van der Waals surface area contributed by atoms with Crippen molar-refractivity contribution in [2.45, 2.75) is 20.3 Å². The molecule has 0 rings (SSSR count). The molecule has 60 valence electrons. The van der Waals surface area contributed by atoms with E-state index in [0.717, 1.165) is 23.5 Å². The summed E-state index contributed by atoms with van der Waals surface area (Å²) in [5.41, 5.74) is 0. The molecule has 0 atom stereocenters. The predicted octanol–water partition coefficient (Wildman–Crippen LogP) is 2.53. The van der Waals surface area contributed by atoms with Crippen molar-refractivity contribution < 1.29 is 0 Å². The van der Waals surface area contributed by atoms with Gasteiger partial charge < -0.3 is 5.32 Å². The minimum Gasteiger partial charge on any atom is -0.312 e. The molecule has 10 heavy (non-hydrogen) atoms. The van der Waals surface area contributed by atoms with Crippen molar-refractivity contribution in [2.24, 2.45) is 5.92 Å². The molecule has 0 aromatic rings. The molecule has 0 aromatic heterocycles. The van der Waals surface area contributed by atoms with Gasteiger partial charge in [-0.2, -0.15) is 0 Å². The molecule has 0 heterocycles. The van der Waals surface area contributed by atoms with Gasteiger partial charge in [0.05, 0.1) is 0 Å². The van der Waals surface area contributed by atoms with Crippen LogP contribution in [-0.4, -0.2) is 13.1 Å². The minimum absolute atomic E-state index is 0.788. The van der Waals surface area contributed by atoms with E-state index in [1.54, 1.807) is 0 Å². The van der Waals surface area contributed by atoms with E-state index in [4.69, 9.17) is 0 Å². The molecular formula is C8H16BrN. The van der Waals surface area contributed by atoms with Crippen LogP contribution >= 0.6 is 15.9 Å². The lowest BCUT2D eigenvalue weighted by atomic mass is 10.1. The summed E-state index contributed by atoms with van der Waals surface area (Å²) in [6, 6.07) is 0. The summed E-state index contributed by atoms with van der Waals surface area (Å²) in [4.78, 5) is 0. The largest absolute Gasteiger partial charge is 0.312 e. The molecule has 0 saturated carbocycles. The van der Waals surface area contributed by atoms with Gasteiger partial charge in [0, 0.05) is 11.0 Å². The summed E-state index contributed by atoms with van der Waals surface area (Å²) in [5, 5.41) is 3.27. The maximum Gasteiger partial charge on any atom is 0.0265 e. The molecule has 0 fully saturated rings. The molecule has 0 aliphatic heterocycles. The average molecular weight is 206 g/mol. The summed E-state index contributed by atoms with van der Waals surface area (Å²) >= 11 is 3.28. The monoisotopic (exact) mass is 205 g/mol. The Morgan fingerprint density at radius 1 is 1.60 bits per heavy atom. The van der Waals surface area contributed by atoms with Gasteiger partial charge in [0.15, 0.2) is 0 Å². The van der Waals surface area contributed by atoms with Crippen molar-refractivity contribution in [3.8, 4) is 0 Å². The molecule has 1 nitrogen and oxygen atoms in total. The zero-order chi connectivity index (χ0) is 7.98. The number of rotatable bonds is 5. The van der Waals surface area contributed by atoms with Crippen LogP contribution in [0.3, 0.4) is 0 Å². The highest BCUT2D eigenvalue weighted by Gasteiger charge is 1.92. The fraction of sp³-hybridized carbons (Fsp3) is 0.750. The van der Waals surface area contributed by atoms with E-state index in [-0.39, 0.29) is 0 Å². The first kappa shape index (κ1) is 10.2. The number of hydrogen-bond acceptors (Lipinski definition) is 1. The highest BCUT2D eigenvalue weighted by molar-refractivity contribution is 9.11. The smallest absolute Gasteiger partial charge is 0.0265 e. The Kier molecular flexibility index (Phi) is 6.03. The van der Waals surface area contributed by atoms with Gasteiger partial charge in [-0.25, -0.2) is 0 Å². The van der Waals surface area contributed by atoms with E-state index in [1.807, 2.05) is 0 Å². The second kappa shape index (κ2) is 5.93. The van der Waals surface area contributed by atoms with Crippen LogP contribution in [0.15, 0.2) is 11.1 Å². The number of hydrogen-bond donors (Lipinski definition) is 1. The van der Waals surface area contributed by atoms with E-state index in [1.165, 1.54) is 6.42 Å². The zero-order valence-corrected chi connectivity index (χ0v) is 8.37. The Bertz CT molecular complexity index is 99.4. The molecule has 0 bridgehead atoms. The summed E-state index contributed by atoms with van der Waals surface area (Å²) in [7, 11) is 0. The Labute approximate surface area is 72.0 Å². The zero-order valence-electron chi connectivity index (χ0n) is 6.78. The van der Waals surface area contributed by atoms with Crippen LogP contribution in [0.1, 0.15) is 20.3 Å². The maximum atomic E-state index is 3.73. The normalized spacial score (nSPS) is 10.4. The lowest BCUT2D eigenvalue weighted by Crippen LogP contribution is -2.17. The fourth-order valence-corrected chi connectivity index (χ4v) is 0.813. The quantitative estimate of drug-likeness (QED) is 0.681. The minimum atomic E-state index is 0.788. The van der Waals surface area contributed by atoms with Crippen molar-refractivity contribution in [2.75, 3.05) is 13.1 Å². The lowest BCUT2D eigenvalue weighted by Gasteiger charge is -2.04. The average Bonchev–Trinajstić information content (AvgIpc) is 1.79. The van der Waals surface area contributed by atoms with Crippen molar-refractivity contribution in [1.82, 2.24) is 5.32 Å². The first-order chi connectivity index (χ1) is 4.63. The predicted molar refractivity (Wildman–Crippen MR) is 50.4 cm³/mol. The summed E-state index contributed by atoms with van der Waals surface area (Å²) in [6.07, 6.45) is 1.24. The van der Waals surface area contributed by atoms with E-state index < -0.39 is 0 Å². The number of halogens is 1. The standard InChI is InChI=1S/C8H16BrN/c1-7(2)4-5-10-6-8(3)9/h7,10H,3-6H2,1-2H3. The Morgan fingerprint density at radius 3 is 2.60 bits per heavy atom. The van der Waals surface area contributed by atoms with Crippen molar-refractivity contribution in [1.29, 1.82) is 0 Å². The van der Waals surface area contributed by atoms with Gasteiger partial charge >= 0.3 is 0 Å². The molecule has 0 amide bonds. The summed E-state index contributed by atoms with van der Waals surface area (Å²) in [5.74, 6) is 0.788. The van der Waals surface area contributed by atoms with Crippen molar-refractivity contribution in [3.05, 3.63) is 11.1 Å². The van der Waals surface area contributed by atoms with Gasteiger partial charge in [0.2, 0.25) is 0 Å². The number of nitrogens with one attached hydrogen (secondary N) is 1. The van der Waals surface area contributed by atoms with E-state index in [9.17, 15) is 0 Å². The second-order valence-corrected chi connectivity index (χ2v) is 4.00. The van der Waals surface area contributed by atoms with Gasteiger partial charge in [-0.15, -0.1) is 0 Å². The maximum absolute atomic E-state index is 3.73. The highest BCUT2D eigenvalue weighted by atomic mass is 79.9. The van der Waals surface area contributed by atoms with E-state index in [0.29, 0.717) is 0 Å². The third-order valence-electron chi connectivity index (χ3n) is 1.22. The van der Waals surface area contributed by atoms with Crippen LogP contribution in [0.2, 0.25) is 0 Å². The van der Waals surface area contributed by atoms with Crippen LogP contribution in [0.25, 0.3) is 0 Å². The first-order valence-corrected chi connectivity index (χ1v) is 4.46. The fourth-order valence-electron chi connectivity index (χ4n) is 0.615. The Morgan fingerprint density at radius 2 is 2.20 bits per heavy atom. The van der Waals surface area contributed by atoms with Gasteiger partial charge in [0.25, 0.3) is 0 Å². The first-order valence-electron chi connectivity index (χ1n) is 3.67. The molecular weight excluding hydrogens is 190 g/mol. The molecule has 0 aliphatic carbocycles. The Hall–Kier alpha value is 0.180. The van der Waals surface area contributed by atoms with Gasteiger partial charge in [-0.1, -0.05) is 36.4 Å². The van der Waals surface area contributed by atoms with Crippen LogP contribution in [0, 0.1) is 5.92 Å². The second-order valence-electron chi connectivity index (χ2n) is 2.88. The topological polar surface area (TPSA) is 12.0 Å². The SMILES string of the molecule is C=C(Br)CNCCC(C)C. The molecule has 1 N–H and O–H groups in total. The molecule has 0 aliphatic rings. The highest BCUT2D eigenvalue weighted by Crippen LogP contribution is 1.99. The molecule has 0 saturated heterocycles. The Balaban J connectivity index is 2.98. The van der Waals surface area contributed by atoms with Crippen molar-refractivity contribution in [3.63, 3.8) is 0 Å². The van der Waals surface area contributed by atoms with Crippen LogP contribution in [0.5, 0.6) is 0 Å². The summed E-state index contributed by atoms with van der Waals surface area (Å²) < 4.78 is 1.02. The van der Waals surface area contributed by atoms with Crippen LogP contribution in [-0.2, 0) is 0 Å². The molecule has 2 heteroatoms. The molecule has 0 unspecified atom stereocenters. The molecule has 0 spiro atoms. The van der Waals surface area contributed by atoms with Gasteiger partial charge in [-0.05, 0) is 18.9 Å². The molecule has 0 radical (unpaired) electrons. The molecule has 0 aromatic carbocycles. The third-order valence-corrected chi connectivity index (χ3v) is 1.50. The summed E-state index contributed by atoms with van der Waals surface area (Å²) in [6.45, 7) is 10.1.